The van der Waals surface area contributed by atoms with Crippen molar-refractivity contribution in [2.24, 2.45) is 0 Å². The van der Waals surface area contributed by atoms with E-state index in [1.807, 2.05) is 0 Å². The summed E-state index contributed by atoms with van der Waals surface area (Å²) in [7, 11) is 0. The lowest BCUT2D eigenvalue weighted by Crippen LogP contribution is -2.42. The predicted octanol–water partition coefficient (Wildman–Crippen LogP) is 12.8. The van der Waals surface area contributed by atoms with Gasteiger partial charge in [-0.15, -0.1) is 0 Å². The Labute approximate surface area is 248 Å². The fourth-order valence-electron chi connectivity index (χ4n) is 6.42. The first kappa shape index (κ1) is 36.4. The van der Waals surface area contributed by atoms with Crippen LogP contribution in [0.4, 0.5) is 0 Å². The van der Waals surface area contributed by atoms with Crippen LogP contribution in [0.5, 0.6) is 0 Å². The van der Waals surface area contributed by atoms with Crippen LogP contribution in [0.25, 0.3) is 0 Å². The van der Waals surface area contributed by atoms with Gasteiger partial charge in [0.2, 0.25) is 0 Å². The highest BCUT2D eigenvalue weighted by atomic mass is 15.4. The van der Waals surface area contributed by atoms with E-state index in [0.29, 0.717) is 12.2 Å². The lowest BCUT2D eigenvalue weighted by Gasteiger charge is -2.35. The highest BCUT2D eigenvalue weighted by Gasteiger charge is 2.26. The normalized spacial score (nSPS) is 15.4. The maximum Gasteiger partial charge on any atom is 0.101 e. The fourth-order valence-corrected chi connectivity index (χ4v) is 6.42. The molecular weight excluding hydrogens is 472 g/mol. The van der Waals surface area contributed by atoms with Gasteiger partial charge in [0, 0.05) is 25.0 Å². The van der Waals surface area contributed by atoms with Crippen LogP contribution in [-0.2, 0) is 0 Å². The molecule has 1 aliphatic rings. The van der Waals surface area contributed by atoms with Crippen LogP contribution in [0.15, 0.2) is 12.4 Å². The predicted molar refractivity (Wildman–Crippen MR) is 177 cm³/mol. The summed E-state index contributed by atoms with van der Waals surface area (Å²) in [5, 5.41) is 0. The Hall–Kier alpha value is -0.660. The van der Waals surface area contributed by atoms with Crippen LogP contribution in [0.1, 0.15) is 207 Å². The summed E-state index contributed by atoms with van der Waals surface area (Å²) in [5.74, 6) is 0. The van der Waals surface area contributed by atoms with Gasteiger partial charge in [0.15, 0.2) is 0 Å². The standard InChI is InChI=1S/C37H74N2/c1-5-7-9-11-13-15-17-19-21-23-25-27-29-31-33-38-34-35-39(36(3)4)37(38)32-30-28-26-24-22-20-18-16-14-12-10-8-6-2/h34-37H,5-33H2,1-4H3. The fraction of sp³-hybridized carbons (Fsp3) is 0.946. The minimum atomic E-state index is 0.606. The van der Waals surface area contributed by atoms with Gasteiger partial charge >= 0.3 is 0 Å². The van der Waals surface area contributed by atoms with Crippen molar-refractivity contribution in [1.82, 2.24) is 9.80 Å². The molecule has 2 heteroatoms. The molecule has 1 atom stereocenters. The molecule has 0 bridgehead atoms. The zero-order valence-corrected chi connectivity index (χ0v) is 27.7. The van der Waals surface area contributed by atoms with Crippen LogP contribution in [0.3, 0.4) is 0 Å². The largest absolute Gasteiger partial charge is 0.356 e. The van der Waals surface area contributed by atoms with E-state index in [2.05, 4.69) is 49.9 Å². The Morgan fingerprint density at radius 3 is 1.13 bits per heavy atom. The Morgan fingerprint density at radius 2 is 0.769 bits per heavy atom. The molecule has 0 radical (unpaired) electrons. The highest BCUT2D eigenvalue weighted by molar-refractivity contribution is 4.98. The van der Waals surface area contributed by atoms with Crippen LogP contribution in [0.2, 0.25) is 0 Å². The van der Waals surface area contributed by atoms with Gasteiger partial charge in [-0.3, -0.25) is 0 Å². The summed E-state index contributed by atoms with van der Waals surface area (Å²) in [6, 6.07) is 0.606. The molecule has 1 rings (SSSR count). The van der Waals surface area contributed by atoms with Gasteiger partial charge in [-0.1, -0.05) is 174 Å². The summed E-state index contributed by atoms with van der Waals surface area (Å²) >= 11 is 0. The molecule has 0 aromatic rings. The van der Waals surface area contributed by atoms with Gasteiger partial charge < -0.3 is 9.80 Å². The molecule has 0 fully saturated rings. The quantitative estimate of drug-likeness (QED) is 0.0826. The smallest absolute Gasteiger partial charge is 0.101 e. The molecule has 0 saturated carbocycles. The van der Waals surface area contributed by atoms with Crippen molar-refractivity contribution in [2.45, 2.75) is 220 Å². The molecule has 39 heavy (non-hydrogen) atoms. The van der Waals surface area contributed by atoms with E-state index in [0.717, 1.165) is 0 Å². The maximum absolute atomic E-state index is 2.67. The van der Waals surface area contributed by atoms with Gasteiger partial charge in [0.1, 0.15) is 6.17 Å². The van der Waals surface area contributed by atoms with Gasteiger partial charge in [0.25, 0.3) is 0 Å². The molecule has 0 amide bonds. The van der Waals surface area contributed by atoms with E-state index in [1.54, 1.807) is 0 Å². The monoisotopic (exact) mass is 547 g/mol. The average molecular weight is 547 g/mol. The molecule has 0 N–H and O–H groups in total. The van der Waals surface area contributed by atoms with E-state index in [4.69, 9.17) is 0 Å². The lowest BCUT2D eigenvalue weighted by molar-refractivity contribution is 0.114. The second-order valence-electron chi connectivity index (χ2n) is 13.2. The average Bonchev–Trinajstić information content (AvgIpc) is 3.34. The molecule has 1 unspecified atom stereocenters. The molecule has 1 aliphatic heterocycles. The highest BCUT2D eigenvalue weighted by Crippen LogP contribution is 2.25. The Bertz CT molecular complexity index is 514. The van der Waals surface area contributed by atoms with Crippen molar-refractivity contribution in [3.8, 4) is 0 Å². The summed E-state index contributed by atoms with van der Waals surface area (Å²) in [6.45, 7) is 10.6. The second kappa shape index (κ2) is 27.5. The van der Waals surface area contributed by atoms with Gasteiger partial charge in [-0.2, -0.15) is 0 Å². The van der Waals surface area contributed by atoms with Gasteiger partial charge in [-0.25, -0.2) is 0 Å². The summed E-state index contributed by atoms with van der Waals surface area (Å²) in [4.78, 5) is 5.28. The summed E-state index contributed by atoms with van der Waals surface area (Å²) in [5.41, 5.74) is 0. The number of unbranched alkanes of at least 4 members (excludes halogenated alkanes) is 25. The van der Waals surface area contributed by atoms with E-state index in [1.165, 1.54) is 186 Å². The summed E-state index contributed by atoms with van der Waals surface area (Å²) < 4.78 is 0. The number of nitrogens with zero attached hydrogens (tertiary/aromatic N) is 2. The topological polar surface area (TPSA) is 6.48 Å². The molecular formula is C37H74N2. The first-order chi connectivity index (χ1) is 19.2. The molecule has 0 spiro atoms. The van der Waals surface area contributed by atoms with Crippen molar-refractivity contribution in [2.75, 3.05) is 6.54 Å². The zero-order valence-electron chi connectivity index (χ0n) is 27.7. The minimum absolute atomic E-state index is 0.606. The van der Waals surface area contributed by atoms with Crippen LogP contribution in [-0.4, -0.2) is 28.6 Å². The Kier molecular flexibility index (Phi) is 25.6. The first-order valence-corrected chi connectivity index (χ1v) is 18.4. The molecule has 2 nitrogen and oxygen atoms in total. The third-order valence-electron chi connectivity index (χ3n) is 9.09. The second-order valence-corrected chi connectivity index (χ2v) is 13.2. The van der Waals surface area contributed by atoms with E-state index >= 15 is 0 Å². The Balaban J connectivity index is 2.01. The van der Waals surface area contributed by atoms with Crippen molar-refractivity contribution in [1.29, 1.82) is 0 Å². The van der Waals surface area contributed by atoms with Crippen LogP contribution < -0.4 is 0 Å². The molecule has 0 aromatic heterocycles. The molecule has 1 heterocycles. The van der Waals surface area contributed by atoms with E-state index < -0.39 is 0 Å². The number of hydrogen-bond acceptors (Lipinski definition) is 2. The summed E-state index contributed by atoms with van der Waals surface area (Å²) in [6.07, 6.45) is 45.7. The van der Waals surface area contributed by atoms with Crippen molar-refractivity contribution in [3.05, 3.63) is 12.4 Å². The Morgan fingerprint density at radius 1 is 0.436 bits per heavy atom. The van der Waals surface area contributed by atoms with Crippen molar-refractivity contribution < 1.29 is 0 Å². The zero-order chi connectivity index (χ0) is 28.2. The molecule has 232 valence electrons. The maximum atomic E-state index is 2.67. The SMILES string of the molecule is CCCCCCCCCCCCCCCCN1C=CN(C(C)C)C1CCCCCCCCCCCCCCC. The number of rotatable bonds is 30. The third kappa shape index (κ3) is 20.8. The van der Waals surface area contributed by atoms with Crippen molar-refractivity contribution >= 4 is 0 Å². The van der Waals surface area contributed by atoms with Crippen LogP contribution in [0, 0.1) is 0 Å². The minimum Gasteiger partial charge on any atom is -0.356 e. The number of hydrogen-bond donors (Lipinski definition) is 0. The first-order valence-electron chi connectivity index (χ1n) is 18.4. The van der Waals surface area contributed by atoms with Gasteiger partial charge in [-0.05, 0) is 33.1 Å². The third-order valence-corrected chi connectivity index (χ3v) is 9.09. The van der Waals surface area contributed by atoms with Crippen molar-refractivity contribution in [3.63, 3.8) is 0 Å². The molecule has 0 aromatic carbocycles. The molecule has 0 aliphatic carbocycles. The van der Waals surface area contributed by atoms with E-state index in [9.17, 15) is 0 Å². The molecule has 0 saturated heterocycles. The van der Waals surface area contributed by atoms with Gasteiger partial charge in [0.05, 0.1) is 0 Å². The van der Waals surface area contributed by atoms with E-state index in [-0.39, 0.29) is 0 Å². The lowest BCUT2D eigenvalue weighted by atomic mass is 10.0. The van der Waals surface area contributed by atoms with Crippen LogP contribution >= 0.6 is 0 Å².